The van der Waals surface area contributed by atoms with Crippen molar-refractivity contribution in [1.29, 1.82) is 0 Å². The molecule has 0 saturated heterocycles. The van der Waals surface area contributed by atoms with Crippen molar-refractivity contribution in [1.82, 2.24) is 14.9 Å². The number of imidazole rings is 1. The number of nitrogens with one attached hydrogen (secondary N) is 1. The molecule has 114 valence electrons. The summed E-state index contributed by atoms with van der Waals surface area (Å²) in [5.74, 6) is 0.670. The number of aryl methyl sites for hydroxylation is 1. The molecule has 1 heterocycles. The van der Waals surface area contributed by atoms with Gasteiger partial charge in [-0.3, -0.25) is 0 Å². The topological polar surface area (TPSA) is 29.9 Å². The molecule has 0 aliphatic heterocycles. The maximum Gasteiger partial charge on any atom is 0.0948 e. The molecule has 0 amide bonds. The van der Waals surface area contributed by atoms with Crippen LogP contribution in [0.15, 0.2) is 42.9 Å². The number of aromatic nitrogens is 2. The van der Waals surface area contributed by atoms with Crippen LogP contribution in [0.5, 0.6) is 0 Å². The first-order chi connectivity index (χ1) is 10.2. The van der Waals surface area contributed by atoms with Gasteiger partial charge < -0.3 is 9.88 Å². The van der Waals surface area contributed by atoms with Crippen molar-refractivity contribution in [3.05, 3.63) is 54.1 Å². The Hall–Kier alpha value is -1.61. The van der Waals surface area contributed by atoms with E-state index in [9.17, 15) is 0 Å². The number of hydrogen-bond acceptors (Lipinski definition) is 2. The van der Waals surface area contributed by atoms with E-state index in [4.69, 9.17) is 0 Å². The summed E-state index contributed by atoms with van der Waals surface area (Å²) in [4.78, 5) is 4.28. The molecule has 0 aliphatic rings. The van der Waals surface area contributed by atoms with E-state index in [0.29, 0.717) is 12.0 Å². The Morgan fingerprint density at radius 1 is 1.19 bits per heavy atom. The van der Waals surface area contributed by atoms with E-state index in [1.54, 1.807) is 0 Å². The van der Waals surface area contributed by atoms with E-state index < -0.39 is 0 Å². The van der Waals surface area contributed by atoms with E-state index >= 15 is 0 Å². The zero-order valence-electron chi connectivity index (χ0n) is 13.4. The monoisotopic (exact) mass is 285 g/mol. The van der Waals surface area contributed by atoms with Gasteiger partial charge in [-0.2, -0.15) is 0 Å². The Morgan fingerprint density at radius 3 is 2.62 bits per heavy atom. The average molecular weight is 285 g/mol. The van der Waals surface area contributed by atoms with Gasteiger partial charge in [0.15, 0.2) is 0 Å². The highest BCUT2D eigenvalue weighted by atomic mass is 15.1. The van der Waals surface area contributed by atoms with Gasteiger partial charge in [-0.1, -0.05) is 51.1 Å². The third-order valence-corrected chi connectivity index (χ3v) is 3.70. The van der Waals surface area contributed by atoms with Crippen molar-refractivity contribution < 1.29 is 0 Å². The summed E-state index contributed by atoms with van der Waals surface area (Å²) < 4.78 is 2.24. The molecule has 1 atom stereocenters. The fraction of sp³-hybridized carbons (Fsp3) is 0.500. The van der Waals surface area contributed by atoms with Crippen LogP contribution in [0.2, 0.25) is 0 Å². The predicted octanol–water partition coefficient (Wildman–Crippen LogP) is 4.17. The van der Waals surface area contributed by atoms with Gasteiger partial charge in [0.1, 0.15) is 0 Å². The maximum absolute atomic E-state index is 4.28. The second-order valence-corrected chi connectivity index (χ2v) is 6.05. The lowest BCUT2D eigenvalue weighted by Crippen LogP contribution is -2.23. The molecule has 1 aromatic carbocycles. The highest BCUT2D eigenvalue weighted by Gasteiger charge is 2.13. The minimum atomic E-state index is 0.399. The molecule has 1 N–H and O–H groups in total. The van der Waals surface area contributed by atoms with Crippen LogP contribution in [0.3, 0.4) is 0 Å². The average Bonchev–Trinajstić information content (AvgIpc) is 2.92. The molecule has 1 unspecified atom stereocenters. The Labute approximate surface area is 128 Å². The van der Waals surface area contributed by atoms with Gasteiger partial charge in [-0.25, -0.2) is 4.98 Å². The van der Waals surface area contributed by atoms with Crippen LogP contribution in [0, 0.1) is 5.92 Å². The first-order valence-corrected chi connectivity index (χ1v) is 7.98. The Morgan fingerprint density at radius 2 is 1.95 bits per heavy atom. The van der Waals surface area contributed by atoms with Crippen molar-refractivity contribution in [2.24, 2.45) is 5.92 Å². The minimum Gasteiger partial charge on any atom is -0.333 e. The predicted molar refractivity (Wildman–Crippen MR) is 88.0 cm³/mol. The van der Waals surface area contributed by atoms with E-state index in [-0.39, 0.29) is 0 Å². The van der Waals surface area contributed by atoms with Crippen LogP contribution in [0.1, 0.15) is 50.9 Å². The van der Waals surface area contributed by atoms with E-state index in [1.807, 2.05) is 12.5 Å². The fourth-order valence-corrected chi connectivity index (χ4v) is 2.66. The van der Waals surface area contributed by atoms with Crippen molar-refractivity contribution in [3.63, 3.8) is 0 Å². The minimum absolute atomic E-state index is 0.399. The normalized spacial score (nSPS) is 12.8. The quantitative estimate of drug-likeness (QED) is 0.789. The number of rotatable bonds is 8. The van der Waals surface area contributed by atoms with Gasteiger partial charge in [-0.15, -0.1) is 0 Å². The van der Waals surface area contributed by atoms with Gasteiger partial charge in [0.25, 0.3) is 0 Å². The molecule has 3 nitrogen and oxygen atoms in total. The highest BCUT2D eigenvalue weighted by molar-refractivity contribution is 5.19. The third-order valence-electron chi connectivity index (χ3n) is 3.70. The van der Waals surface area contributed by atoms with E-state index in [0.717, 1.165) is 25.9 Å². The lowest BCUT2D eigenvalue weighted by atomic mass is 9.97. The third kappa shape index (κ3) is 4.71. The Kier molecular flexibility index (Phi) is 6.00. The van der Waals surface area contributed by atoms with E-state index in [2.05, 4.69) is 66.0 Å². The molecule has 2 rings (SSSR count). The van der Waals surface area contributed by atoms with Crippen LogP contribution >= 0.6 is 0 Å². The van der Waals surface area contributed by atoms with Crippen molar-refractivity contribution in [3.8, 4) is 0 Å². The van der Waals surface area contributed by atoms with Crippen molar-refractivity contribution in [2.45, 2.75) is 52.7 Å². The fourth-order valence-electron chi connectivity index (χ4n) is 2.66. The summed E-state index contributed by atoms with van der Waals surface area (Å²) in [7, 11) is 0. The summed E-state index contributed by atoms with van der Waals surface area (Å²) >= 11 is 0. The highest BCUT2D eigenvalue weighted by Crippen LogP contribution is 2.21. The number of hydrogen-bond donors (Lipinski definition) is 1. The smallest absolute Gasteiger partial charge is 0.0948 e. The molecule has 0 spiro atoms. The van der Waals surface area contributed by atoms with Crippen LogP contribution in [0.25, 0.3) is 0 Å². The largest absolute Gasteiger partial charge is 0.333 e. The van der Waals surface area contributed by atoms with Gasteiger partial charge in [-0.05, 0) is 24.3 Å². The number of nitrogens with zero attached hydrogens (tertiary/aromatic N) is 2. The Bertz CT molecular complexity index is 516. The standard InChI is InChI=1S/C18H27N3/c1-4-10-21-14-19-12-17(21)13-20-18(11-15(2)3)16-8-6-5-7-9-16/h5-9,12,14-15,18,20H,4,10-11,13H2,1-3H3. The van der Waals surface area contributed by atoms with Gasteiger partial charge in [0, 0.05) is 25.3 Å². The number of benzene rings is 1. The summed E-state index contributed by atoms with van der Waals surface area (Å²) in [6, 6.07) is 11.1. The van der Waals surface area contributed by atoms with Gasteiger partial charge in [0.05, 0.1) is 12.0 Å². The molecule has 0 radical (unpaired) electrons. The molecular formula is C18H27N3. The second kappa shape index (κ2) is 7.99. The van der Waals surface area contributed by atoms with Crippen LogP contribution < -0.4 is 5.32 Å². The molecule has 2 aromatic rings. The molecule has 0 aliphatic carbocycles. The first kappa shape index (κ1) is 15.8. The van der Waals surface area contributed by atoms with Crippen LogP contribution in [-0.2, 0) is 13.1 Å². The van der Waals surface area contributed by atoms with E-state index in [1.165, 1.54) is 11.3 Å². The second-order valence-electron chi connectivity index (χ2n) is 6.05. The lowest BCUT2D eigenvalue weighted by Gasteiger charge is -2.21. The SMILES string of the molecule is CCCn1cncc1CNC(CC(C)C)c1ccccc1. The van der Waals surface area contributed by atoms with Crippen molar-refractivity contribution >= 4 is 0 Å². The Balaban J connectivity index is 2.03. The van der Waals surface area contributed by atoms with Crippen LogP contribution in [0.4, 0.5) is 0 Å². The molecule has 1 aromatic heterocycles. The van der Waals surface area contributed by atoms with Gasteiger partial charge >= 0.3 is 0 Å². The molecule has 0 fully saturated rings. The summed E-state index contributed by atoms with van der Waals surface area (Å²) in [5.41, 5.74) is 2.63. The van der Waals surface area contributed by atoms with Crippen LogP contribution in [-0.4, -0.2) is 9.55 Å². The maximum atomic E-state index is 4.28. The molecular weight excluding hydrogens is 258 g/mol. The van der Waals surface area contributed by atoms with Crippen molar-refractivity contribution in [2.75, 3.05) is 0 Å². The molecule has 21 heavy (non-hydrogen) atoms. The summed E-state index contributed by atoms with van der Waals surface area (Å²) in [5, 5.41) is 3.71. The van der Waals surface area contributed by atoms with Gasteiger partial charge in [0.2, 0.25) is 0 Å². The summed E-state index contributed by atoms with van der Waals surface area (Å²) in [6.07, 6.45) is 6.18. The molecule has 3 heteroatoms. The first-order valence-electron chi connectivity index (χ1n) is 7.98. The molecule has 0 bridgehead atoms. The molecule has 0 saturated carbocycles. The lowest BCUT2D eigenvalue weighted by molar-refractivity contribution is 0.422. The summed E-state index contributed by atoms with van der Waals surface area (Å²) in [6.45, 7) is 8.66. The zero-order chi connectivity index (χ0) is 15.1. The zero-order valence-corrected chi connectivity index (χ0v) is 13.4.